The van der Waals surface area contributed by atoms with Gasteiger partial charge in [-0.05, 0) is 35.7 Å². The molecule has 0 atom stereocenters. The number of imidazole rings is 1. The second-order valence-electron chi connectivity index (χ2n) is 7.24. The largest absolute Gasteiger partial charge is 0.447 e. The average Bonchev–Trinajstić information content (AvgIpc) is 3.05. The molecule has 7 nitrogen and oxygen atoms in total. The number of amides is 1. The van der Waals surface area contributed by atoms with Crippen LogP contribution in [-0.4, -0.2) is 33.8 Å². The Morgan fingerprint density at radius 3 is 2.47 bits per heavy atom. The van der Waals surface area contributed by atoms with Gasteiger partial charge in [-0.25, -0.2) is 18.6 Å². The Labute approximate surface area is 189 Å². The number of rotatable bonds is 10. The Morgan fingerprint density at radius 1 is 1.16 bits per heavy atom. The predicted molar refractivity (Wildman–Crippen MR) is 115 cm³/mol. The quantitative estimate of drug-likeness (QED) is 0.446. The predicted octanol–water partition coefficient (Wildman–Crippen LogP) is 4.49. The van der Waals surface area contributed by atoms with Gasteiger partial charge in [0.15, 0.2) is 0 Å². The molecular formula is C22H24F2N4O3S. The van der Waals surface area contributed by atoms with Crippen molar-refractivity contribution in [2.24, 2.45) is 5.73 Å². The number of primary amides is 1. The van der Waals surface area contributed by atoms with Crippen LogP contribution in [0.15, 0.2) is 52.6 Å². The number of nitrogens with zero attached hydrogens (tertiary/aromatic N) is 3. The molecule has 0 bridgehead atoms. The summed E-state index contributed by atoms with van der Waals surface area (Å²) in [5.41, 5.74) is 6.73. The lowest BCUT2D eigenvalue weighted by Gasteiger charge is -2.14. The highest BCUT2D eigenvalue weighted by Crippen LogP contribution is 2.36. The van der Waals surface area contributed by atoms with Crippen LogP contribution in [0, 0.1) is 11.6 Å². The monoisotopic (exact) mass is 462 g/mol. The Kier molecular flexibility index (Phi) is 8.18. The molecule has 0 aliphatic heterocycles. The third kappa shape index (κ3) is 6.51. The zero-order chi connectivity index (χ0) is 23.1. The van der Waals surface area contributed by atoms with Crippen molar-refractivity contribution in [3.8, 4) is 0 Å². The first-order valence-electron chi connectivity index (χ1n) is 9.95. The van der Waals surface area contributed by atoms with Crippen molar-refractivity contribution >= 4 is 17.9 Å². The summed E-state index contributed by atoms with van der Waals surface area (Å²) in [6, 6.07) is 7.19. The number of benzene rings is 1. The molecule has 2 aromatic heterocycles. The summed E-state index contributed by atoms with van der Waals surface area (Å²) in [5.74, 6) is -0.580. The van der Waals surface area contributed by atoms with Crippen LogP contribution in [0.3, 0.4) is 0 Å². The molecule has 10 heteroatoms. The molecule has 0 radical (unpaired) electrons. The molecule has 3 rings (SSSR count). The summed E-state index contributed by atoms with van der Waals surface area (Å²) in [5, 5.41) is 0.772. The minimum absolute atomic E-state index is 0.0294. The van der Waals surface area contributed by atoms with Gasteiger partial charge in [-0.3, -0.25) is 4.98 Å². The number of pyridine rings is 1. The number of hydrogen-bond acceptors (Lipinski definition) is 6. The number of ether oxygens (including phenoxy) is 2. The van der Waals surface area contributed by atoms with Crippen molar-refractivity contribution in [1.82, 2.24) is 14.5 Å². The van der Waals surface area contributed by atoms with E-state index in [0.717, 1.165) is 22.3 Å². The number of halogens is 2. The summed E-state index contributed by atoms with van der Waals surface area (Å²) in [6.07, 6.45) is 2.53. The van der Waals surface area contributed by atoms with Crippen molar-refractivity contribution in [2.75, 3.05) is 13.2 Å². The van der Waals surface area contributed by atoms with Crippen LogP contribution in [0.2, 0.25) is 0 Å². The molecule has 170 valence electrons. The van der Waals surface area contributed by atoms with Gasteiger partial charge in [0.05, 0.1) is 18.8 Å². The molecule has 0 unspecified atom stereocenters. The first-order valence-corrected chi connectivity index (χ1v) is 10.8. The van der Waals surface area contributed by atoms with Crippen LogP contribution in [-0.2, 0) is 22.6 Å². The minimum Gasteiger partial charge on any atom is -0.447 e. The normalized spacial score (nSPS) is 11.2. The second-order valence-corrected chi connectivity index (χ2v) is 8.30. The fourth-order valence-corrected chi connectivity index (χ4v) is 4.23. The lowest BCUT2D eigenvalue weighted by atomic mass is 10.1. The second kappa shape index (κ2) is 11.1. The molecule has 1 amide bonds. The molecule has 2 heterocycles. The van der Waals surface area contributed by atoms with Crippen LogP contribution < -0.4 is 5.73 Å². The first kappa shape index (κ1) is 23.7. The molecule has 2 N–H and O–H groups in total. The maximum atomic E-state index is 13.8. The van der Waals surface area contributed by atoms with Gasteiger partial charge in [0, 0.05) is 23.4 Å². The maximum Gasteiger partial charge on any atom is 0.404 e. The van der Waals surface area contributed by atoms with Gasteiger partial charge >= 0.3 is 6.09 Å². The summed E-state index contributed by atoms with van der Waals surface area (Å²) < 4.78 is 39.9. The van der Waals surface area contributed by atoms with Crippen molar-refractivity contribution in [3.05, 3.63) is 71.4 Å². The van der Waals surface area contributed by atoms with E-state index in [0.29, 0.717) is 17.3 Å². The summed E-state index contributed by atoms with van der Waals surface area (Å²) in [6.45, 7) is 4.81. The van der Waals surface area contributed by atoms with Gasteiger partial charge < -0.3 is 19.8 Å². The fraction of sp³-hybridized carbons (Fsp3) is 0.318. The standard InChI is InChI=1S/C22H24F2N4O3S/c1-14(2)20-21(32-18-10-16(23)9-17(24)11-18)28(12-15-3-5-26-6-4-15)19(27-20)13-30-7-8-31-22(25)29/h3-6,9-11,14H,7-8,12-13H2,1-2H3,(H2,25,29). The number of nitrogens with two attached hydrogens (primary N) is 1. The molecule has 1 aromatic carbocycles. The summed E-state index contributed by atoms with van der Waals surface area (Å²) >= 11 is 1.25. The SMILES string of the molecule is CC(C)c1nc(COCCOC(N)=O)n(Cc2ccncc2)c1Sc1cc(F)cc(F)c1. The van der Waals surface area contributed by atoms with E-state index in [1.165, 1.54) is 23.9 Å². The number of aromatic nitrogens is 3. The first-order chi connectivity index (χ1) is 15.3. The van der Waals surface area contributed by atoms with Crippen LogP contribution in [0.4, 0.5) is 13.6 Å². The Balaban J connectivity index is 1.94. The van der Waals surface area contributed by atoms with Crippen LogP contribution in [0.25, 0.3) is 0 Å². The zero-order valence-electron chi connectivity index (χ0n) is 17.8. The van der Waals surface area contributed by atoms with Crippen LogP contribution >= 0.6 is 11.8 Å². The lowest BCUT2D eigenvalue weighted by Crippen LogP contribution is -2.17. The van der Waals surface area contributed by atoms with E-state index in [2.05, 4.69) is 9.72 Å². The highest BCUT2D eigenvalue weighted by Gasteiger charge is 2.21. The highest BCUT2D eigenvalue weighted by molar-refractivity contribution is 7.99. The lowest BCUT2D eigenvalue weighted by molar-refractivity contribution is 0.0637. The molecule has 0 saturated carbocycles. The maximum absolute atomic E-state index is 13.8. The highest BCUT2D eigenvalue weighted by atomic mass is 32.2. The van der Waals surface area contributed by atoms with Crippen molar-refractivity contribution in [2.45, 2.75) is 42.8 Å². The molecule has 0 saturated heterocycles. The van der Waals surface area contributed by atoms with Gasteiger partial charge in [0.1, 0.15) is 35.7 Å². The molecule has 3 aromatic rings. The Hall–Kier alpha value is -2.98. The van der Waals surface area contributed by atoms with E-state index < -0.39 is 17.7 Å². The Bertz CT molecular complexity index is 1040. The third-order valence-corrected chi connectivity index (χ3v) is 5.51. The van der Waals surface area contributed by atoms with Gasteiger partial charge in [-0.2, -0.15) is 0 Å². The van der Waals surface area contributed by atoms with Crippen molar-refractivity contribution in [1.29, 1.82) is 0 Å². The summed E-state index contributed by atoms with van der Waals surface area (Å²) in [4.78, 5) is 19.9. The smallest absolute Gasteiger partial charge is 0.404 e. The van der Waals surface area contributed by atoms with Crippen LogP contribution in [0.5, 0.6) is 0 Å². The van der Waals surface area contributed by atoms with Crippen molar-refractivity contribution in [3.63, 3.8) is 0 Å². The number of hydrogen-bond donors (Lipinski definition) is 1. The minimum atomic E-state index is -0.865. The van der Waals surface area contributed by atoms with Crippen LogP contribution in [0.1, 0.15) is 36.8 Å². The summed E-state index contributed by atoms with van der Waals surface area (Å²) in [7, 11) is 0. The van der Waals surface area contributed by atoms with E-state index in [9.17, 15) is 13.6 Å². The number of carbonyl (C=O) groups is 1. The molecule has 0 spiro atoms. The molecule has 0 fully saturated rings. The van der Waals surface area contributed by atoms with Gasteiger partial charge in [0.25, 0.3) is 0 Å². The molecule has 32 heavy (non-hydrogen) atoms. The zero-order valence-corrected chi connectivity index (χ0v) is 18.6. The average molecular weight is 463 g/mol. The molecule has 0 aliphatic rings. The third-order valence-electron chi connectivity index (χ3n) is 4.42. The molecule has 0 aliphatic carbocycles. The Morgan fingerprint density at radius 2 is 1.84 bits per heavy atom. The topological polar surface area (TPSA) is 92.3 Å². The molecular weight excluding hydrogens is 438 g/mol. The van der Waals surface area contributed by atoms with Gasteiger partial charge in [0.2, 0.25) is 0 Å². The van der Waals surface area contributed by atoms with E-state index in [-0.39, 0.29) is 25.7 Å². The number of carbonyl (C=O) groups excluding carboxylic acids is 1. The van der Waals surface area contributed by atoms with E-state index >= 15 is 0 Å². The van der Waals surface area contributed by atoms with E-state index in [4.69, 9.17) is 15.5 Å². The van der Waals surface area contributed by atoms with Crippen molar-refractivity contribution < 1.29 is 23.0 Å². The van der Waals surface area contributed by atoms with Gasteiger partial charge in [-0.15, -0.1) is 0 Å². The van der Waals surface area contributed by atoms with E-state index in [1.807, 2.05) is 30.5 Å². The van der Waals surface area contributed by atoms with Gasteiger partial charge in [-0.1, -0.05) is 25.6 Å². The van der Waals surface area contributed by atoms with E-state index in [1.54, 1.807) is 12.4 Å². The fourth-order valence-electron chi connectivity index (χ4n) is 2.99.